The van der Waals surface area contributed by atoms with Crippen molar-refractivity contribution < 1.29 is 23.5 Å². The van der Waals surface area contributed by atoms with Gasteiger partial charge in [0.15, 0.2) is 16.7 Å². The third-order valence-electron chi connectivity index (χ3n) is 4.69. The van der Waals surface area contributed by atoms with Gasteiger partial charge in [-0.3, -0.25) is 19.8 Å². The monoisotopic (exact) mass is 448 g/mol. The summed E-state index contributed by atoms with van der Waals surface area (Å²) in [5.74, 6) is -0.814. The Labute approximate surface area is 188 Å². The number of para-hydroxylation sites is 1. The summed E-state index contributed by atoms with van der Waals surface area (Å²) in [6.45, 7) is 0. The molecule has 0 radical (unpaired) electrons. The van der Waals surface area contributed by atoms with E-state index in [9.17, 15) is 14.0 Å². The maximum Gasteiger partial charge on any atom is 0.270 e. The van der Waals surface area contributed by atoms with E-state index < -0.39 is 17.6 Å². The molecule has 0 aromatic heterocycles. The van der Waals surface area contributed by atoms with Crippen molar-refractivity contribution in [2.24, 2.45) is 0 Å². The molecule has 1 fully saturated rings. The minimum Gasteiger partial charge on any atom is -0.494 e. The van der Waals surface area contributed by atoms with Crippen molar-refractivity contribution in [2.75, 3.05) is 12.0 Å². The second-order valence-corrected chi connectivity index (χ2v) is 7.12. The number of carbonyl (C=O) groups excluding carboxylic acids is 2. The molecular weight excluding hydrogens is 431 g/mol. The number of methoxy groups -OCH3 is 1. The van der Waals surface area contributed by atoms with Crippen molar-refractivity contribution in [3.63, 3.8) is 0 Å². The molecule has 0 atom stereocenters. The number of anilines is 1. The molecule has 4 rings (SSSR count). The molecule has 32 heavy (non-hydrogen) atoms. The van der Waals surface area contributed by atoms with Gasteiger partial charge in [0, 0.05) is 5.56 Å². The van der Waals surface area contributed by atoms with E-state index in [1.807, 2.05) is 30.3 Å². The minimum absolute atomic E-state index is 0.00407. The van der Waals surface area contributed by atoms with Crippen molar-refractivity contribution in [1.29, 1.82) is 0 Å². The normalized spacial score (nSPS) is 15.0. The first-order chi connectivity index (χ1) is 15.5. The molecule has 0 aliphatic carbocycles. The zero-order valence-electron chi connectivity index (χ0n) is 16.9. The van der Waals surface area contributed by atoms with Crippen molar-refractivity contribution in [1.82, 2.24) is 5.32 Å². The van der Waals surface area contributed by atoms with Crippen LogP contribution >= 0.6 is 12.2 Å². The number of carbonyl (C=O) groups is 2. The quantitative estimate of drug-likeness (QED) is 0.355. The number of ether oxygens (including phenoxy) is 2. The fourth-order valence-electron chi connectivity index (χ4n) is 3.13. The topological polar surface area (TPSA) is 67.9 Å². The average molecular weight is 448 g/mol. The molecule has 2 amide bonds. The largest absolute Gasteiger partial charge is 0.494 e. The first kappa shape index (κ1) is 21.2. The third-order valence-corrected chi connectivity index (χ3v) is 4.97. The summed E-state index contributed by atoms with van der Waals surface area (Å²) >= 11 is 5.20. The van der Waals surface area contributed by atoms with Crippen LogP contribution in [0.1, 0.15) is 5.56 Å². The van der Waals surface area contributed by atoms with Crippen LogP contribution in [0.5, 0.6) is 17.2 Å². The van der Waals surface area contributed by atoms with Gasteiger partial charge in [0.05, 0.1) is 12.8 Å². The van der Waals surface area contributed by atoms with Crippen LogP contribution in [0.2, 0.25) is 0 Å². The molecule has 3 aromatic rings. The Morgan fingerprint density at radius 3 is 2.31 bits per heavy atom. The van der Waals surface area contributed by atoms with Crippen LogP contribution < -0.4 is 19.7 Å². The lowest BCUT2D eigenvalue weighted by atomic mass is 10.1. The highest BCUT2D eigenvalue weighted by atomic mass is 32.1. The first-order valence-electron chi connectivity index (χ1n) is 9.55. The van der Waals surface area contributed by atoms with E-state index in [1.54, 1.807) is 30.3 Å². The van der Waals surface area contributed by atoms with E-state index in [1.165, 1.54) is 30.2 Å². The van der Waals surface area contributed by atoms with Crippen molar-refractivity contribution in [2.45, 2.75) is 0 Å². The number of nitrogens with zero attached hydrogens (tertiary/aromatic N) is 1. The Morgan fingerprint density at radius 1 is 0.938 bits per heavy atom. The van der Waals surface area contributed by atoms with Crippen LogP contribution in [0.4, 0.5) is 10.1 Å². The van der Waals surface area contributed by atoms with Crippen LogP contribution in [0.3, 0.4) is 0 Å². The predicted octanol–water partition coefficient (Wildman–Crippen LogP) is 4.46. The molecule has 0 unspecified atom stereocenters. The number of benzene rings is 3. The first-order valence-corrected chi connectivity index (χ1v) is 9.95. The van der Waals surface area contributed by atoms with Gasteiger partial charge in [-0.1, -0.05) is 30.3 Å². The standard InChI is InChI=1S/C24H17FN2O4S/c1-30-20-9-5-6-15(21(20)25)14-19-22(28)26-24(32)27(23(19)29)16-10-12-18(13-11-16)31-17-7-3-2-4-8-17/h2-14H,1H3,(H,26,28,32). The molecule has 160 valence electrons. The van der Waals surface area contributed by atoms with E-state index in [2.05, 4.69) is 5.32 Å². The van der Waals surface area contributed by atoms with Gasteiger partial charge in [0.25, 0.3) is 11.8 Å². The molecule has 6 nitrogen and oxygen atoms in total. The van der Waals surface area contributed by atoms with E-state index in [0.717, 1.165) is 0 Å². The highest BCUT2D eigenvalue weighted by Gasteiger charge is 2.34. The number of hydrogen-bond acceptors (Lipinski definition) is 5. The second kappa shape index (κ2) is 8.99. The van der Waals surface area contributed by atoms with E-state index in [0.29, 0.717) is 17.2 Å². The van der Waals surface area contributed by atoms with Crippen LogP contribution in [-0.4, -0.2) is 24.0 Å². The summed E-state index contributed by atoms with van der Waals surface area (Å²) in [6, 6.07) is 20.3. The number of nitrogens with one attached hydrogen (secondary N) is 1. The van der Waals surface area contributed by atoms with Gasteiger partial charge in [-0.25, -0.2) is 4.39 Å². The summed E-state index contributed by atoms with van der Waals surface area (Å²) in [4.78, 5) is 26.7. The number of thiocarbonyl (C=S) groups is 1. The molecule has 1 N–H and O–H groups in total. The Balaban J connectivity index is 1.63. The maximum absolute atomic E-state index is 14.5. The molecule has 1 aliphatic heterocycles. The van der Waals surface area contributed by atoms with Gasteiger partial charge < -0.3 is 9.47 Å². The van der Waals surface area contributed by atoms with Crippen LogP contribution in [-0.2, 0) is 9.59 Å². The zero-order valence-corrected chi connectivity index (χ0v) is 17.7. The van der Waals surface area contributed by atoms with E-state index in [4.69, 9.17) is 21.7 Å². The minimum atomic E-state index is -0.706. The maximum atomic E-state index is 14.5. The Kier molecular flexibility index (Phi) is 5.96. The highest BCUT2D eigenvalue weighted by molar-refractivity contribution is 7.80. The lowest BCUT2D eigenvalue weighted by Crippen LogP contribution is -2.54. The van der Waals surface area contributed by atoms with Gasteiger partial charge in [-0.15, -0.1) is 0 Å². The fraction of sp³-hybridized carbons (Fsp3) is 0.0417. The lowest BCUT2D eigenvalue weighted by molar-refractivity contribution is -0.122. The van der Waals surface area contributed by atoms with Gasteiger partial charge in [-0.05, 0) is 60.8 Å². The Morgan fingerprint density at radius 2 is 1.62 bits per heavy atom. The summed E-state index contributed by atoms with van der Waals surface area (Å²) in [5.41, 5.74) is 0.218. The second-order valence-electron chi connectivity index (χ2n) is 6.73. The van der Waals surface area contributed by atoms with Crippen LogP contribution in [0.25, 0.3) is 6.08 Å². The summed E-state index contributed by atoms with van der Waals surface area (Å²) in [7, 11) is 1.33. The van der Waals surface area contributed by atoms with Crippen molar-refractivity contribution >= 4 is 40.9 Å². The fourth-order valence-corrected chi connectivity index (χ4v) is 3.41. The van der Waals surface area contributed by atoms with Crippen LogP contribution in [0, 0.1) is 5.82 Å². The van der Waals surface area contributed by atoms with E-state index in [-0.39, 0.29) is 22.0 Å². The zero-order chi connectivity index (χ0) is 22.7. The van der Waals surface area contributed by atoms with Crippen molar-refractivity contribution in [3.05, 3.63) is 89.8 Å². The molecule has 0 bridgehead atoms. The summed E-state index contributed by atoms with van der Waals surface area (Å²) in [6.07, 6.45) is 1.18. The molecule has 8 heteroatoms. The van der Waals surface area contributed by atoms with E-state index >= 15 is 0 Å². The smallest absolute Gasteiger partial charge is 0.270 e. The van der Waals surface area contributed by atoms with Crippen LogP contribution in [0.15, 0.2) is 78.4 Å². The number of hydrogen-bond donors (Lipinski definition) is 1. The number of rotatable bonds is 5. The molecule has 3 aromatic carbocycles. The molecule has 1 heterocycles. The average Bonchev–Trinajstić information content (AvgIpc) is 2.79. The SMILES string of the molecule is COc1cccc(C=C2C(=O)NC(=S)N(c3ccc(Oc4ccccc4)cc3)C2=O)c1F. The van der Waals surface area contributed by atoms with Gasteiger partial charge >= 0.3 is 0 Å². The van der Waals surface area contributed by atoms with Crippen molar-refractivity contribution in [3.8, 4) is 17.2 Å². The Hall–Kier alpha value is -4.04. The molecule has 1 saturated heterocycles. The molecule has 0 saturated carbocycles. The van der Waals surface area contributed by atoms with Gasteiger partial charge in [-0.2, -0.15) is 0 Å². The molecule has 0 spiro atoms. The summed E-state index contributed by atoms with van der Waals surface area (Å²) < 4.78 is 25.2. The summed E-state index contributed by atoms with van der Waals surface area (Å²) in [5, 5.41) is 2.41. The predicted molar refractivity (Wildman–Crippen MR) is 122 cm³/mol. The highest BCUT2D eigenvalue weighted by Crippen LogP contribution is 2.28. The van der Waals surface area contributed by atoms with Gasteiger partial charge in [0.2, 0.25) is 0 Å². The number of halogens is 1. The number of amides is 2. The molecule has 1 aliphatic rings. The van der Waals surface area contributed by atoms with Gasteiger partial charge in [0.1, 0.15) is 17.1 Å². The Bertz CT molecular complexity index is 1230. The molecular formula is C24H17FN2O4S. The third kappa shape index (κ3) is 4.21. The lowest BCUT2D eigenvalue weighted by Gasteiger charge is -2.29.